The van der Waals surface area contributed by atoms with Crippen molar-refractivity contribution < 1.29 is 39.0 Å². The molecule has 3 atom stereocenters. The van der Waals surface area contributed by atoms with Crippen LogP contribution in [0.15, 0.2) is 34.0 Å². The maximum Gasteiger partial charge on any atom is 0.508 e. The molecule has 0 saturated carbocycles. The second-order valence-electron chi connectivity index (χ2n) is 7.26. The number of carboxylic acid groups (broad SMARTS) is 1. The summed E-state index contributed by atoms with van der Waals surface area (Å²) in [4.78, 5) is 53.8. The Labute approximate surface area is 207 Å². The average molecular weight is 526 g/mol. The van der Waals surface area contributed by atoms with E-state index in [1.54, 1.807) is 26.0 Å². The Bertz CT molecular complexity index is 1150. The van der Waals surface area contributed by atoms with E-state index in [9.17, 15) is 29.5 Å². The van der Waals surface area contributed by atoms with Crippen LogP contribution >= 0.6 is 23.1 Å². The Morgan fingerprint density at radius 2 is 2.20 bits per heavy atom. The molecular formula is C20H23N5O8S2. The van der Waals surface area contributed by atoms with Gasteiger partial charge in [-0.3, -0.25) is 14.5 Å². The summed E-state index contributed by atoms with van der Waals surface area (Å²) < 4.78 is 10.2. The molecule has 1 saturated heterocycles. The van der Waals surface area contributed by atoms with Crippen LogP contribution < -0.4 is 11.1 Å². The van der Waals surface area contributed by atoms with Gasteiger partial charge in [0.1, 0.15) is 23.5 Å². The molecule has 35 heavy (non-hydrogen) atoms. The fourth-order valence-corrected chi connectivity index (χ4v) is 5.92. The number of carbonyl (C=O) groups is 4. The predicted molar refractivity (Wildman–Crippen MR) is 126 cm³/mol. The Kier molecular flexibility index (Phi) is 7.70. The Morgan fingerprint density at radius 1 is 1.49 bits per heavy atom. The van der Waals surface area contributed by atoms with E-state index in [0.717, 1.165) is 28.0 Å². The number of nitrogens with one attached hydrogen (secondary N) is 1. The highest BCUT2D eigenvalue weighted by Crippen LogP contribution is 2.52. The van der Waals surface area contributed by atoms with E-state index in [2.05, 4.69) is 15.5 Å². The van der Waals surface area contributed by atoms with Gasteiger partial charge in [-0.05, 0) is 26.3 Å². The van der Waals surface area contributed by atoms with Crippen LogP contribution in [0.3, 0.4) is 0 Å². The van der Waals surface area contributed by atoms with Gasteiger partial charge in [0.25, 0.3) is 11.8 Å². The largest absolute Gasteiger partial charge is 0.508 e. The molecule has 2 aliphatic heterocycles. The van der Waals surface area contributed by atoms with Crippen molar-refractivity contribution in [3.05, 3.63) is 34.5 Å². The average Bonchev–Trinajstić information content (AvgIpc) is 3.23. The molecule has 13 nitrogen and oxygen atoms in total. The molecule has 0 aliphatic carbocycles. The summed E-state index contributed by atoms with van der Waals surface area (Å²) in [6.07, 6.45) is 1.08. The van der Waals surface area contributed by atoms with Gasteiger partial charge in [-0.2, -0.15) is 0 Å². The van der Waals surface area contributed by atoms with Crippen LogP contribution in [0, 0.1) is 0 Å². The van der Waals surface area contributed by atoms with E-state index < -0.39 is 46.7 Å². The lowest BCUT2D eigenvalue weighted by Gasteiger charge is -2.60. The molecule has 5 N–H and O–H groups in total. The highest BCUT2D eigenvalue weighted by Gasteiger charge is 2.69. The third-order valence-corrected chi connectivity index (χ3v) is 7.60. The molecular weight excluding hydrogens is 502 g/mol. The number of oxime groups is 1. The molecule has 0 spiro atoms. The standard InChI is InChI=1S/C20H23N5O8S2/c1-4-6-10-7-35-20(9(3)33-19(30)32-5-2)14(16(27)25(20)13(10)17(28)29)23-15(26)12(24-31)11-8-34-18(21)22-11/h4,6,8-9,14,31H,5,7H2,1-3H3,(H2,21,22)(H,23,26)(H,28,29)/b6-4-,24-12-/t9?,14-,20?/m1/s1. The van der Waals surface area contributed by atoms with Crippen molar-refractivity contribution in [1.82, 2.24) is 15.2 Å². The van der Waals surface area contributed by atoms with Crippen molar-refractivity contribution in [2.24, 2.45) is 5.16 Å². The number of hydrogen-bond acceptors (Lipinski definition) is 12. The predicted octanol–water partition coefficient (Wildman–Crippen LogP) is 1.15. The number of nitrogens with two attached hydrogens (primary N) is 1. The first-order valence-corrected chi connectivity index (χ1v) is 12.1. The zero-order chi connectivity index (χ0) is 25.9. The Hall–Kier alpha value is -3.59. The number of aliphatic carboxylic acids is 1. The lowest BCUT2D eigenvalue weighted by Crippen LogP contribution is -2.82. The number of aromatic nitrogens is 1. The van der Waals surface area contributed by atoms with Crippen LogP contribution in [-0.2, 0) is 23.9 Å². The maximum atomic E-state index is 13.2. The second-order valence-corrected chi connectivity index (χ2v) is 9.38. The monoisotopic (exact) mass is 525 g/mol. The number of nitrogens with zero attached hydrogens (tertiary/aromatic N) is 3. The topological polar surface area (TPSA) is 194 Å². The summed E-state index contributed by atoms with van der Waals surface area (Å²) in [7, 11) is 0. The van der Waals surface area contributed by atoms with Crippen molar-refractivity contribution in [2.45, 2.75) is 37.8 Å². The van der Waals surface area contributed by atoms with Gasteiger partial charge in [-0.15, -0.1) is 23.1 Å². The number of thioether (sulfide) groups is 1. The van der Waals surface area contributed by atoms with Gasteiger partial charge in [0, 0.05) is 11.1 Å². The number of rotatable bonds is 8. The molecule has 3 heterocycles. The first-order chi connectivity index (χ1) is 16.6. The van der Waals surface area contributed by atoms with E-state index in [1.165, 1.54) is 12.3 Å². The summed E-state index contributed by atoms with van der Waals surface area (Å²) in [6, 6.07) is -1.33. The molecule has 1 aromatic heterocycles. The van der Waals surface area contributed by atoms with Gasteiger partial charge >= 0.3 is 12.1 Å². The van der Waals surface area contributed by atoms with Crippen molar-refractivity contribution in [1.29, 1.82) is 0 Å². The minimum atomic E-state index is -1.51. The number of ether oxygens (including phenoxy) is 2. The molecule has 1 fully saturated rings. The maximum absolute atomic E-state index is 13.2. The van der Waals surface area contributed by atoms with E-state index in [0.29, 0.717) is 5.57 Å². The lowest BCUT2D eigenvalue weighted by atomic mass is 9.87. The highest BCUT2D eigenvalue weighted by molar-refractivity contribution is 8.01. The third kappa shape index (κ3) is 4.55. The van der Waals surface area contributed by atoms with Crippen LogP contribution in [0.25, 0.3) is 0 Å². The number of hydrogen-bond donors (Lipinski definition) is 4. The molecule has 188 valence electrons. The number of nitrogen functional groups attached to an aromatic ring is 1. The number of carboxylic acids is 1. The Morgan fingerprint density at radius 3 is 2.74 bits per heavy atom. The first-order valence-electron chi connectivity index (χ1n) is 10.3. The van der Waals surface area contributed by atoms with E-state index >= 15 is 0 Å². The van der Waals surface area contributed by atoms with E-state index in [-0.39, 0.29) is 28.9 Å². The van der Waals surface area contributed by atoms with Crippen LogP contribution in [0.4, 0.5) is 9.93 Å². The minimum absolute atomic E-state index is 0.0150. The molecule has 2 amide bonds. The van der Waals surface area contributed by atoms with Gasteiger partial charge in [-0.25, -0.2) is 14.6 Å². The van der Waals surface area contributed by atoms with Crippen LogP contribution in [0.1, 0.15) is 26.5 Å². The number of allylic oxidation sites excluding steroid dienone is 2. The summed E-state index contributed by atoms with van der Waals surface area (Å²) >= 11 is 2.13. The van der Waals surface area contributed by atoms with Gasteiger partial charge in [0.2, 0.25) is 0 Å². The molecule has 3 rings (SSSR count). The van der Waals surface area contributed by atoms with Gasteiger partial charge < -0.3 is 30.8 Å². The molecule has 15 heteroatoms. The van der Waals surface area contributed by atoms with Crippen molar-refractivity contribution in [2.75, 3.05) is 18.1 Å². The van der Waals surface area contributed by atoms with Gasteiger partial charge in [-0.1, -0.05) is 17.3 Å². The van der Waals surface area contributed by atoms with Crippen molar-refractivity contribution >= 4 is 57.9 Å². The number of carbonyl (C=O) groups excluding carboxylic acids is 3. The molecule has 0 bridgehead atoms. The summed E-state index contributed by atoms with van der Waals surface area (Å²) in [6.45, 7) is 4.78. The fraction of sp³-hybridized carbons (Fsp3) is 0.400. The number of thiazole rings is 1. The molecule has 2 unspecified atom stereocenters. The number of β-lactam (4-membered cyclic amide) rings is 1. The van der Waals surface area contributed by atoms with E-state index in [4.69, 9.17) is 15.2 Å². The number of amides is 2. The zero-order valence-electron chi connectivity index (χ0n) is 18.9. The van der Waals surface area contributed by atoms with Gasteiger partial charge in [0.15, 0.2) is 15.7 Å². The number of anilines is 1. The van der Waals surface area contributed by atoms with Crippen LogP contribution in [0.5, 0.6) is 0 Å². The summed E-state index contributed by atoms with van der Waals surface area (Å²) in [5, 5.41) is 26.3. The molecule has 0 aromatic carbocycles. The minimum Gasteiger partial charge on any atom is -0.477 e. The molecule has 0 radical (unpaired) electrons. The third-order valence-electron chi connectivity index (χ3n) is 5.26. The van der Waals surface area contributed by atoms with Crippen molar-refractivity contribution in [3.8, 4) is 0 Å². The van der Waals surface area contributed by atoms with E-state index in [1.807, 2.05) is 0 Å². The molecule has 1 aromatic rings. The smallest absolute Gasteiger partial charge is 0.477 e. The summed E-state index contributed by atoms with van der Waals surface area (Å²) in [5.74, 6) is -2.93. The normalized spacial score (nSPS) is 22.9. The number of fused-ring (bicyclic) bond motifs is 1. The highest BCUT2D eigenvalue weighted by atomic mass is 32.2. The lowest BCUT2D eigenvalue weighted by molar-refractivity contribution is -0.164. The van der Waals surface area contributed by atoms with Crippen molar-refractivity contribution in [3.63, 3.8) is 0 Å². The fourth-order valence-electron chi connectivity index (χ4n) is 3.83. The van der Waals surface area contributed by atoms with Crippen LogP contribution in [-0.4, -0.2) is 79.2 Å². The first kappa shape index (κ1) is 26.0. The zero-order valence-corrected chi connectivity index (χ0v) is 20.5. The quantitative estimate of drug-likeness (QED) is 0.125. The van der Waals surface area contributed by atoms with Crippen LogP contribution in [0.2, 0.25) is 0 Å². The van der Waals surface area contributed by atoms with Gasteiger partial charge in [0.05, 0.1) is 6.61 Å². The Balaban J connectivity index is 2.01. The SMILES string of the molecule is C/C=C\C1=C(C(=O)O)N2C(=O)[C@@H](NC(=O)/C(=N\O)c3csc(N)n3)C2(C(C)OC(=O)OCC)SC1. The summed E-state index contributed by atoms with van der Waals surface area (Å²) in [5.41, 5.74) is 5.15. The molecule has 2 aliphatic rings. The second kappa shape index (κ2) is 10.4.